The molecule has 0 radical (unpaired) electrons. The average Bonchev–Trinajstić information content (AvgIpc) is 2.42. The van der Waals surface area contributed by atoms with Gasteiger partial charge in [0, 0.05) is 26.7 Å². The summed E-state index contributed by atoms with van der Waals surface area (Å²) in [6.45, 7) is 4.08. The topological polar surface area (TPSA) is 70.1 Å². The third-order valence-electron chi connectivity index (χ3n) is 3.49. The van der Waals surface area contributed by atoms with E-state index in [0.29, 0.717) is 13.2 Å². The van der Waals surface area contributed by atoms with E-state index in [1.165, 1.54) is 6.42 Å². The van der Waals surface area contributed by atoms with Crippen LogP contribution in [0.15, 0.2) is 0 Å². The van der Waals surface area contributed by atoms with Gasteiger partial charge >= 0.3 is 5.97 Å². The van der Waals surface area contributed by atoms with Crippen LogP contribution < -0.4 is 0 Å². The van der Waals surface area contributed by atoms with Crippen molar-refractivity contribution in [2.24, 2.45) is 0 Å². The van der Waals surface area contributed by atoms with Crippen LogP contribution in [-0.4, -0.2) is 72.7 Å². The Morgan fingerprint density at radius 2 is 1.95 bits per heavy atom. The van der Waals surface area contributed by atoms with Crippen molar-refractivity contribution in [3.8, 4) is 0 Å². The van der Waals surface area contributed by atoms with E-state index in [9.17, 15) is 9.59 Å². The fourth-order valence-electron chi connectivity index (χ4n) is 2.33. The number of carbonyl (C=O) groups is 2. The van der Waals surface area contributed by atoms with Gasteiger partial charge < -0.3 is 14.7 Å². The summed E-state index contributed by atoms with van der Waals surface area (Å²) in [5.41, 5.74) is 0. The number of likely N-dealkylation sites (tertiary alicyclic amines) is 1. The number of nitrogens with zero attached hydrogens (tertiary/aromatic N) is 2. The number of hydrogen-bond acceptors (Lipinski definition) is 4. The van der Waals surface area contributed by atoms with Gasteiger partial charge in [0.05, 0.1) is 19.2 Å². The highest BCUT2D eigenvalue weighted by atomic mass is 16.5. The zero-order valence-electron chi connectivity index (χ0n) is 11.8. The number of ether oxygens (including phenoxy) is 1. The van der Waals surface area contributed by atoms with Crippen molar-refractivity contribution in [1.82, 2.24) is 9.80 Å². The molecule has 1 amide bonds. The molecule has 1 unspecified atom stereocenters. The fraction of sp³-hybridized carbons (Fsp3) is 0.846. The quantitative estimate of drug-likeness (QED) is 0.727. The molecule has 6 heteroatoms. The van der Waals surface area contributed by atoms with Crippen LogP contribution >= 0.6 is 0 Å². The van der Waals surface area contributed by atoms with Gasteiger partial charge in [-0.05, 0) is 26.2 Å². The number of hydrogen-bond donors (Lipinski definition) is 1. The lowest BCUT2D eigenvalue weighted by molar-refractivity contribution is -0.142. The Hall–Kier alpha value is -1.14. The van der Waals surface area contributed by atoms with Crippen LogP contribution in [-0.2, 0) is 14.3 Å². The van der Waals surface area contributed by atoms with Gasteiger partial charge in [-0.2, -0.15) is 0 Å². The maximum atomic E-state index is 12.3. The molecular weight excluding hydrogens is 248 g/mol. The molecule has 1 fully saturated rings. The Balaban J connectivity index is 2.59. The summed E-state index contributed by atoms with van der Waals surface area (Å²) < 4.78 is 4.97. The molecule has 0 aromatic rings. The molecule has 6 nitrogen and oxygen atoms in total. The first-order valence-corrected chi connectivity index (χ1v) is 6.80. The van der Waals surface area contributed by atoms with E-state index in [0.717, 1.165) is 25.9 Å². The van der Waals surface area contributed by atoms with E-state index in [4.69, 9.17) is 9.84 Å². The van der Waals surface area contributed by atoms with Crippen molar-refractivity contribution in [2.45, 2.75) is 32.2 Å². The lowest BCUT2D eigenvalue weighted by atomic mass is 10.1. The standard InChI is InChI=1S/C13H24N2O4/c1-11(13(18)14-6-4-3-5-7-14)15(8-9-19-2)10-12(16)17/h11H,3-10H2,1-2H3,(H,16,17). The summed E-state index contributed by atoms with van der Waals surface area (Å²) in [4.78, 5) is 26.7. The first-order chi connectivity index (χ1) is 9.06. The molecule has 1 N–H and O–H groups in total. The molecule has 0 aromatic heterocycles. The molecule has 1 aliphatic rings. The number of aliphatic carboxylic acids is 1. The zero-order chi connectivity index (χ0) is 14.3. The van der Waals surface area contributed by atoms with Crippen molar-refractivity contribution in [3.63, 3.8) is 0 Å². The average molecular weight is 272 g/mol. The van der Waals surface area contributed by atoms with Gasteiger partial charge in [-0.15, -0.1) is 0 Å². The van der Waals surface area contributed by atoms with Crippen molar-refractivity contribution in [3.05, 3.63) is 0 Å². The zero-order valence-corrected chi connectivity index (χ0v) is 11.8. The molecule has 1 atom stereocenters. The van der Waals surface area contributed by atoms with Crippen LogP contribution in [0.5, 0.6) is 0 Å². The van der Waals surface area contributed by atoms with Crippen molar-refractivity contribution < 1.29 is 19.4 Å². The lowest BCUT2D eigenvalue weighted by Crippen LogP contribution is -2.50. The van der Waals surface area contributed by atoms with Crippen molar-refractivity contribution in [1.29, 1.82) is 0 Å². The first-order valence-electron chi connectivity index (χ1n) is 6.80. The predicted molar refractivity (Wildman–Crippen MR) is 71.0 cm³/mol. The largest absolute Gasteiger partial charge is 0.480 e. The highest BCUT2D eigenvalue weighted by Gasteiger charge is 2.27. The molecule has 1 rings (SSSR count). The molecule has 1 heterocycles. The van der Waals surface area contributed by atoms with E-state index in [1.807, 2.05) is 4.90 Å². The molecule has 0 bridgehead atoms. The van der Waals surface area contributed by atoms with Gasteiger partial charge in [0.1, 0.15) is 0 Å². The van der Waals surface area contributed by atoms with Crippen LogP contribution in [0.25, 0.3) is 0 Å². The normalized spacial score (nSPS) is 17.5. The molecular formula is C13H24N2O4. The second-order valence-electron chi connectivity index (χ2n) is 4.92. The van der Waals surface area contributed by atoms with Gasteiger partial charge in [0.15, 0.2) is 0 Å². The Kier molecular flexibility index (Phi) is 6.80. The van der Waals surface area contributed by atoms with Gasteiger partial charge in [0.2, 0.25) is 5.91 Å². The molecule has 0 aliphatic carbocycles. The van der Waals surface area contributed by atoms with Crippen molar-refractivity contribution >= 4 is 11.9 Å². The van der Waals surface area contributed by atoms with E-state index < -0.39 is 12.0 Å². The molecule has 0 aromatic carbocycles. The summed E-state index contributed by atoms with van der Waals surface area (Å²) in [6, 6.07) is -0.413. The number of piperidine rings is 1. The predicted octanol–water partition coefficient (Wildman–Crippen LogP) is 0.420. The van der Waals surface area contributed by atoms with Crippen LogP contribution in [0, 0.1) is 0 Å². The summed E-state index contributed by atoms with van der Waals surface area (Å²) in [5.74, 6) is -0.897. The molecule has 19 heavy (non-hydrogen) atoms. The van der Waals surface area contributed by atoms with Gasteiger partial charge in [-0.25, -0.2) is 0 Å². The number of amides is 1. The molecule has 0 spiro atoms. The van der Waals surface area contributed by atoms with Crippen LogP contribution in [0.4, 0.5) is 0 Å². The molecule has 0 saturated carbocycles. The Labute approximate surface area is 114 Å². The van der Waals surface area contributed by atoms with E-state index >= 15 is 0 Å². The number of carboxylic acids is 1. The summed E-state index contributed by atoms with van der Waals surface area (Å²) in [5, 5.41) is 8.92. The first kappa shape index (κ1) is 15.9. The number of carbonyl (C=O) groups excluding carboxylic acids is 1. The maximum absolute atomic E-state index is 12.3. The SMILES string of the molecule is COCCN(CC(=O)O)C(C)C(=O)N1CCCCC1. The highest BCUT2D eigenvalue weighted by molar-refractivity contribution is 5.82. The van der Waals surface area contributed by atoms with Gasteiger partial charge in [-0.3, -0.25) is 14.5 Å². The Morgan fingerprint density at radius 1 is 1.32 bits per heavy atom. The summed E-state index contributed by atoms with van der Waals surface area (Å²) in [6.07, 6.45) is 3.24. The lowest BCUT2D eigenvalue weighted by Gasteiger charge is -2.33. The van der Waals surface area contributed by atoms with Crippen LogP contribution in [0.1, 0.15) is 26.2 Å². The van der Waals surface area contributed by atoms with E-state index in [-0.39, 0.29) is 12.5 Å². The molecule has 1 aliphatic heterocycles. The Bertz CT molecular complexity index is 303. The second-order valence-corrected chi connectivity index (χ2v) is 4.92. The third kappa shape index (κ3) is 5.16. The minimum Gasteiger partial charge on any atom is -0.480 e. The maximum Gasteiger partial charge on any atom is 0.317 e. The second kappa shape index (κ2) is 8.12. The van der Waals surface area contributed by atoms with E-state index in [2.05, 4.69) is 0 Å². The highest BCUT2D eigenvalue weighted by Crippen LogP contribution is 2.12. The Morgan fingerprint density at radius 3 is 2.47 bits per heavy atom. The fourth-order valence-corrected chi connectivity index (χ4v) is 2.33. The minimum absolute atomic E-state index is 0.0250. The van der Waals surface area contributed by atoms with Gasteiger partial charge in [0.25, 0.3) is 0 Å². The summed E-state index contributed by atoms with van der Waals surface area (Å²) >= 11 is 0. The number of methoxy groups -OCH3 is 1. The monoisotopic (exact) mass is 272 g/mol. The van der Waals surface area contributed by atoms with Crippen molar-refractivity contribution in [2.75, 3.05) is 39.9 Å². The molecule has 110 valence electrons. The smallest absolute Gasteiger partial charge is 0.317 e. The minimum atomic E-state index is -0.922. The number of carboxylic acid groups (broad SMARTS) is 1. The summed E-state index contributed by atoms with van der Waals surface area (Å²) in [7, 11) is 1.57. The third-order valence-corrected chi connectivity index (χ3v) is 3.49. The number of rotatable bonds is 7. The van der Waals surface area contributed by atoms with Gasteiger partial charge in [-0.1, -0.05) is 0 Å². The van der Waals surface area contributed by atoms with Crippen LogP contribution in [0.2, 0.25) is 0 Å². The van der Waals surface area contributed by atoms with Crippen LogP contribution in [0.3, 0.4) is 0 Å². The van der Waals surface area contributed by atoms with E-state index in [1.54, 1.807) is 18.9 Å². The molecule has 1 saturated heterocycles.